The summed E-state index contributed by atoms with van der Waals surface area (Å²) in [5.74, 6) is 1.43. The molecule has 1 aromatic carbocycles. The van der Waals surface area contributed by atoms with Gasteiger partial charge in [0.25, 0.3) is 0 Å². The Morgan fingerprint density at radius 1 is 1.56 bits per heavy atom. The molecule has 0 aliphatic carbocycles. The molecule has 1 unspecified atom stereocenters. The first-order valence-electron chi connectivity index (χ1n) is 5.04. The van der Waals surface area contributed by atoms with Crippen LogP contribution in [0.25, 0.3) is 0 Å². The van der Waals surface area contributed by atoms with Crippen LogP contribution in [0.3, 0.4) is 0 Å². The van der Waals surface area contributed by atoms with Crippen molar-refractivity contribution in [3.8, 4) is 5.75 Å². The normalized spacial score (nSPS) is 12.2. The molecule has 0 saturated heterocycles. The van der Waals surface area contributed by atoms with Gasteiger partial charge < -0.3 is 4.74 Å². The van der Waals surface area contributed by atoms with Crippen molar-refractivity contribution in [3.05, 3.63) is 28.2 Å². The Morgan fingerprint density at radius 2 is 2.25 bits per heavy atom. The topological polar surface area (TPSA) is 26.3 Å². The summed E-state index contributed by atoms with van der Waals surface area (Å²) in [4.78, 5) is 11.4. The molecule has 0 heterocycles. The fraction of sp³-hybridized carbons (Fsp3) is 0.417. The lowest BCUT2D eigenvalue weighted by atomic mass is 10.1. The van der Waals surface area contributed by atoms with E-state index in [-0.39, 0.29) is 11.7 Å². The van der Waals surface area contributed by atoms with Crippen molar-refractivity contribution >= 4 is 33.3 Å². The number of alkyl halides is 1. The van der Waals surface area contributed by atoms with Crippen molar-refractivity contribution in [1.82, 2.24) is 0 Å². The molecular weight excluding hydrogens is 291 g/mol. The summed E-state index contributed by atoms with van der Waals surface area (Å²) in [6.45, 7) is 4.05. The van der Waals surface area contributed by atoms with E-state index in [1.807, 2.05) is 13.0 Å². The molecule has 0 aliphatic rings. The van der Waals surface area contributed by atoms with Gasteiger partial charge in [-0.15, -0.1) is 11.6 Å². The van der Waals surface area contributed by atoms with Crippen LogP contribution < -0.4 is 4.74 Å². The number of Topliss-reactive ketones (excluding diaryl/α,β-unsaturated/α-hetero) is 1. The lowest BCUT2D eigenvalue weighted by Gasteiger charge is -2.13. The largest absolute Gasteiger partial charge is 0.493 e. The molecule has 0 saturated carbocycles. The van der Waals surface area contributed by atoms with E-state index in [0.29, 0.717) is 23.8 Å². The molecule has 0 bridgehead atoms. The highest BCUT2D eigenvalue weighted by Crippen LogP contribution is 2.24. The highest BCUT2D eigenvalue weighted by atomic mass is 79.9. The van der Waals surface area contributed by atoms with Gasteiger partial charge in [-0.1, -0.05) is 22.9 Å². The molecule has 16 heavy (non-hydrogen) atoms. The third-order valence-electron chi connectivity index (χ3n) is 2.11. The molecular formula is C12H14BrClO2. The van der Waals surface area contributed by atoms with Gasteiger partial charge in [0.2, 0.25) is 0 Å². The third kappa shape index (κ3) is 3.80. The summed E-state index contributed by atoms with van der Waals surface area (Å²) in [5.41, 5.74) is 0.594. The molecule has 2 nitrogen and oxygen atoms in total. The summed E-state index contributed by atoms with van der Waals surface area (Å²) >= 11 is 9.02. The van der Waals surface area contributed by atoms with Gasteiger partial charge in [0.05, 0.1) is 12.2 Å². The van der Waals surface area contributed by atoms with Gasteiger partial charge in [-0.25, -0.2) is 0 Å². The van der Waals surface area contributed by atoms with Crippen molar-refractivity contribution in [1.29, 1.82) is 0 Å². The van der Waals surface area contributed by atoms with E-state index in [0.717, 1.165) is 4.47 Å². The van der Waals surface area contributed by atoms with Crippen molar-refractivity contribution in [3.63, 3.8) is 0 Å². The number of hydrogen-bond donors (Lipinski definition) is 0. The van der Waals surface area contributed by atoms with Crippen LogP contribution >= 0.6 is 27.5 Å². The number of halogens is 2. The lowest BCUT2D eigenvalue weighted by molar-refractivity contribution is 0.101. The minimum atomic E-state index is -0.00479. The second-order valence-corrected chi connectivity index (χ2v) is 4.99. The summed E-state index contributed by atoms with van der Waals surface area (Å²) in [5, 5.41) is 0. The number of carbonyl (C=O) groups is 1. The van der Waals surface area contributed by atoms with E-state index < -0.39 is 0 Å². The Morgan fingerprint density at radius 3 is 2.81 bits per heavy atom. The summed E-state index contributed by atoms with van der Waals surface area (Å²) in [6, 6.07) is 5.41. The molecule has 0 spiro atoms. The first kappa shape index (κ1) is 13.5. The van der Waals surface area contributed by atoms with Crippen LogP contribution in [-0.2, 0) is 0 Å². The molecule has 0 amide bonds. The number of ketones is 1. The minimum Gasteiger partial charge on any atom is -0.493 e. The summed E-state index contributed by atoms with van der Waals surface area (Å²) < 4.78 is 6.45. The lowest BCUT2D eigenvalue weighted by Crippen LogP contribution is -2.11. The summed E-state index contributed by atoms with van der Waals surface area (Å²) in [6.07, 6.45) is 0. The number of ether oxygens (including phenoxy) is 1. The van der Waals surface area contributed by atoms with Gasteiger partial charge in [-0.2, -0.15) is 0 Å². The highest BCUT2D eigenvalue weighted by Gasteiger charge is 2.10. The number of rotatable bonds is 5. The van der Waals surface area contributed by atoms with E-state index in [9.17, 15) is 4.79 Å². The molecule has 4 heteroatoms. The van der Waals surface area contributed by atoms with Crippen molar-refractivity contribution in [2.75, 3.05) is 12.5 Å². The van der Waals surface area contributed by atoms with Crippen LogP contribution in [0.1, 0.15) is 24.2 Å². The Hall–Kier alpha value is -0.540. The van der Waals surface area contributed by atoms with E-state index in [1.165, 1.54) is 6.92 Å². The summed E-state index contributed by atoms with van der Waals surface area (Å²) in [7, 11) is 0. The SMILES string of the molecule is CC(=O)c1cc(Br)ccc1OCC(C)CCl. The molecule has 1 aromatic rings. The van der Waals surface area contributed by atoms with E-state index >= 15 is 0 Å². The van der Waals surface area contributed by atoms with Gasteiger partial charge in [-0.05, 0) is 25.1 Å². The van der Waals surface area contributed by atoms with E-state index in [4.69, 9.17) is 16.3 Å². The molecule has 0 aliphatic heterocycles. The quantitative estimate of drug-likeness (QED) is 0.609. The standard InChI is InChI=1S/C12H14BrClO2/c1-8(6-14)7-16-12-4-3-10(13)5-11(12)9(2)15/h3-5,8H,6-7H2,1-2H3. The second-order valence-electron chi connectivity index (χ2n) is 3.77. The van der Waals surface area contributed by atoms with Crippen molar-refractivity contribution in [2.45, 2.75) is 13.8 Å². The molecule has 1 rings (SSSR count). The zero-order valence-corrected chi connectivity index (χ0v) is 11.6. The van der Waals surface area contributed by atoms with E-state index in [1.54, 1.807) is 12.1 Å². The van der Waals surface area contributed by atoms with Crippen molar-refractivity contribution < 1.29 is 9.53 Å². The molecule has 0 N–H and O–H groups in total. The Kier molecular flexibility index (Phi) is 5.29. The molecule has 0 fully saturated rings. The van der Waals surface area contributed by atoms with Crippen LogP contribution in [0.2, 0.25) is 0 Å². The fourth-order valence-electron chi connectivity index (χ4n) is 1.18. The highest BCUT2D eigenvalue weighted by molar-refractivity contribution is 9.10. The Bertz CT molecular complexity index is 379. The number of hydrogen-bond acceptors (Lipinski definition) is 2. The van der Waals surface area contributed by atoms with Crippen molar-refractivity contribution in [2.24, 2.45) is 5.92 Å². The molecule has 0 aromatic heterocycles. The fourth-order valence-corrected chi connectivity index (χ4v) is 1.63. The second kappa shape index (κ2) is 6.26. The maximum Gasteiger partial charge on any atom is 0.163 e. The van der Waals surface area contributed by atoms with Gasteiger partial charge in [0.15, 0.2) is 5.78 Å². The Balaban J connectivity index is 2.82. The number of benzene rings is 1. The van der Waals surface area contributed by atoms with Crippen LogP contribution in [0.15, 0.2) is 22.7 Å². The van der Waals surface area contributed by atoms with E-state index in [2.05, 4.69) is 15.9 Å². The smallest absolute Gasteiger partial charge is 0.163 e. The van der Waals surface area contributed by atoms with Gasteiger partial charge in [0.1, 0.15) is 5.75 Å². The zero-order valence-electron chi connectivity index (χ0n) is 9.30. The Labute approximate surface area is 109 Å². The maximum absolute atomic E-state index is 11.4. The zero-order chi connectivity index (χ0) is 12.1. The third-order valence-corrected chi connectivity index (χ3v) is 3.13. The maximum atomic E-state index is 11.4. The first-order chi connectivity index (χ1) is 7.54. The van der Waals surface area contributed by atoms with Gasteiger partial charge >= 0.3 is 0 Å². The van der Waals surface area contributed by atoms with Crippen LogP contribution in [-0.4, -0.2) is 18.3 Å². The predicted octanol–water partition coefficient (Wildman–Crippen LogP) is 3.91. The van der Waals surface area contributed by atoms with Gasteiger partial charge in [-0.3, -0.25) is 4.79 Å². The molecule has 0 radical (unpaired) electrons. The predicted molar refractivity (Wildman–Crippen MR) is 69.5 cm³/mol. The molecule has 1 atom stereocenters. The number of carbonyl (C=O) groups excluding carboxylic acids is 1. The first-order valence-corrected chi connectivity index (χ1v) is 6.36. The average Bonchev–Trinajstić information content (AvgIpc) is 2.26. The molecule has 88 valence electrons. The van der Waals surface area contributed by atoms with Crippen LogP contribution in [0, 0.1) is 5.92 Å². The minimum absolute atomic E-state index is 0.00479. The van der Waals surface area contributed by atoms with Gasteiger partial charge in [0, 0.05) is 16.3 Å². The average molecular weight is 306 g/mol. The van der Waals surface area contributed by atoms with Crippen LogP contribution in [0.5, 0.6) is 5.75 Å². The monoisotopic (exact) mass is 304 g/mol. The van der Waals surface area contributed by atoms with Crippen LogP contribution in [0.4, 0.5) is 0 Å².